The zero-order valence-electron chi connectivity index (χ0n) is 13.1. The number of benzene rings is 2. The summed E-state index contributed by atoms with van der Waals surface area (Å²) in [6, 6.07) is 10.9. The molecule has 2 aromatic rings. The lowest BCUT2D eigenvalue weighted by molar-refractivity contribution is 0.0714. The standard InChI is InChI=1S/C18H16O5/c1-20-13-8-7-11(10-16(13)22-3)9-15-12-5-4-6-14(21-2)17(12)18(19)23-15/h4-10H,1-3H3/b15-9+. The number of hydrogen-bond donors (Lipinski definition) is 0. The van der Waals surface area contributed by atoms with E-state index >= 15 is 0 Å². The van der Waals surface area contributed by atoms with Crippen LogP contribution in [0.15, 0.2) is 36.4 Å². The van der Waals surface area contributed by atoms with Gasteiger partial charge in [0.25, 0.3) is 0 Å². The molecule has 0 bridgehead atoms. The highest BCUT2D eigenvalue weighted by atomic mass is 16.5. The van der Waals surface area contributed by atoms with E-state index in [2.05, 4.69) is 0 Å². The summed E-state index contributed by atoms with van der Waals surface area (Å²) in [5, 5.41) is 0. The second kappa shape index (κ2) is 6.04. The molecular formula is C18H16O5. The van der Waals surface area contributed by atoms with Gasteiger partial charge in [-0.2, -0.15) is 0 Å². The summed E-state index contributed by atoms with van der Waals surface area (Å²) in [5.74, 6) is 1.82. The first-order valence-corrected chi connectivity index (χ1v) is 7.01. The number of hydrogen-bond acceptors (Lipinski definition) is 5. The van der Waals surface area contributed by atoms with Crippen molar-refractivity contribution in [3.8, 4) is 17.2 Å². The molecule has 3 rings (SSSR count). The van der Waals surface area contributed by atoms with Gasteiger partial charge >= 0.3 is 5.97 Å². The van der Waals surface area contributed by atoms with Crippen molar-refractivity contribution in [2.24, 2.45) is 0 Å². The van der Waals surface area contributed by atoms with Gasteiger partial charge in [-0.3, -0.25) is 0 Å². The van der Waals surface area contributed by atoms with E-state index in [0.29, 0.717) is 34.1 Å². The zero-order chi connectivity index (χ0) is 16.4. The van der Waals surface area contributed by atoms with Crippen LogP contribution in [0.25, 0.3) is 11.8 Å². The van der Waals surface area contributed by atoms with Crippen LogP contribution in [-0.2, 0) is 4.74 Å². The number of fused-ring (bicyclic) bond motifs is 1. The van der Waals surface area contributed by atoms with Crippen molar-refractivity contribution in [3.05, 3.63) is 53.1 Å². The first kappa shape index (κ1) is 15.0. The minimum Gasteiger partial charge on any atom is -0.496 e. The Kier molecular flexibility index (Phi) is 3.93. The molecule has 0 fully saturated rings. The van der Waals surface area contributed by atoms with Gasteiger partial charge in [0, 0.05) is 5.56 Å². The molecule has 0 aliphatic carbocycles. The molecule has 0 saturated carbocycles. The van der Waals surface area contributed by atoms with Gasteiger partial charge in [-0.1, -0.05) is 18.2 Å². The quantitative estimate of drug-likeness (QED) is 0.810. The number of cyclic esters (lactones) is 1. The molecular weight excluding hydrogens is 296 g/mol. The van der Waals surface area contributed by atoms with Crippen LogP contribution in [0.5, 0.6) is 17.2 Å². The van der Waals surface area contributed by atoms with E-state index in [1.165, 1.54) is 7.11 Å². The van der Waals surface area contributed by atoms with Crippen LogP contribution in [0, 0.1) is 0 Å². The first-order valence-electron chi connectivity index (χ1n) is 7.01. The Labute approximate surface area is 134 Å². The summed E-state index contributed by atoms with van der Waals surface area (Å²) in [6.07, 6.45) is 1.78. The summed E-state index contributed by atoms with van der Waals surface area (Å²) >= 11 is 0. The third-order valence-electron chi connectivity index (χ3n) is 3.62. The third-order valence-corrected chi connectivity index (χ3v) is 3.62. The Morgan fingerprint density at radius 1 is 0.913 bits per heavy atom. The summed E-state index contributed by atoms with van der Waals surface area (Å²) in [5.41, 5.74) is 1.99. The Hall–Kier alpha value is -2.95. The van der Waals surface area contributed by atoms with Crippen LogP contribution in [0.2, 0.25) is 0 Å². The molecule has 5 heteroatoms. The van der Waals surface area contributed by atoms with Gasteiger partial charge in [0.2, 0.25) is 0 Å². The molecule has 0 amide bonds. The van der Waals surface area contributed by atoms with E-state index in [0.717, 1.165) is 5.56 Å². The van der Waals surface area contributed by atoms with E-state index in [1.54, 1.807) is 32.4 Å². The fourth-order valence-electron chi connectivity index (χ4n) is 2.52. The predicted octanol–water partition coefficient (Wildman–Crippen LogP) is 3.38. The van der Waals surface area contributed by atoms with Crippen molar-refractivity contribution < 1.29 is 23.7 Å². The van der Waals surface area contributed by atoms with Crippen molar-refractivity contribution in [1.82, 2.24) is 0 Å². The number of esters is 1. The fourth-order valence-corrected chi connectivity index (χ4v) is 2.52. The number of methoxy groups -OCH3 is 3. The Bertz CT molecular complexity index is 792. The molecule has 1 aliphatic heterocycles. The maximum absolute atomic E-state index is 12.1. The SMILES string of the molecule is COc1ccc(/C=C2/OC(=O)c3c(OC)cccc32)cc1OC. The average molecular weight is 312 g/mol. The highest BCUT2D eigenvalue weighted by Crippen LogP contribution is 2.37. The van der Waals surface area contributed by atoms with Gasteiger partial charge in [-0.25, -0.2) is 4.79 Å². The number of rotatable bonds is 4. The number of carbonyl (C=O) groups is 1. The zero-order valence-corrected chi connectivity index (χ0v) is 13.1. The van der Waals surface area contributed by atoms with Gasteiger partial charge in [0.15, 0.2) is 11.5 Å². The maximum Gasteiger partial charge on any atom is 0.348 e. The van der Waals surface area contributed by atoms with Gasteiger partial charge in [-0.05, 0) is 29.8 Å². The molecule has 0 spiro atoms. The van der Waals surface area contributed by atoms with Gasteiger partial charge in [0.1, 0.15) is 17.1 Å². The number of carbonyl (C=O) groups excluding carboxylic acids is 1. The normalized spacial score (nSPS) is 14.4. The molecule has 0 N–H and O–H groups in total. The average Bonchev–Trinajstić information content (AvgIpc) is 2.90. The lowest BCUT2D eigenvalue weighted by atomic mass is 10.1. The topological polar surface area (TPSA) is 54.0 Å². The van der Waals surface area contributed by atoms with Crippen molar-refractivity contribution in [2.75, 3.05) is 21.3 Å². The molecule has 0 atom stereocenters. The maximum atomic E-state index is 12.1. The first-order chi connectivity index (χ1) is 11.2. The second-order valence-electron chi connectivity index (χ2n) is 4.90. The summed E-state index contributed by atoms with van der Waals surface area (Å²) < 4.78 is 21.1. The Morgan fingerprint density at radius 3 is 2.35 bits per heavy atom. The van der Waals surface area contributed by atoms with Crippen LogP contribution in [0.1, 0.15) is 21.5 Å². The molecule has 2 aromatic carbocycles. The lowest BCUT2D eigenvalue weighted by Gasteiger charge is -2.08. The van der Waals surface area contributed by atoms with Crippen LogP contribution < -0.4 is 14.2 Å². The third kappa shape index (κ3) is 2.61. The van der Waals surface area contributed by atoms with Crippen molar-refractivity contribution in [2.45, 2.75) is 0 Å². The lowest BCUT2D eigenvalue weighted by Crippen LogP contribution is -1.97. The van der Waals surface area contributed by atoms with Crippen LogP contribution in [0.3, 0.4) is 0 Å². The molecule has 0 saturated heterocycles. The van der Waals surface area contributed by atoms with Crippen LogP contribution >= 0.6 is 0 Å². The molecule has 23 heavy (non-hydrogen) atoms. The highest BCUT2D eigenvalue weighted by molar-refractivity contribution is 6.07. The monoisotopic (exact) mass is 312 g/mol. The van der Waals surface area contributed by atoms with E-state index in [-0.39, 0.29) is 0 Å². The molecule has 5 nitrogen and oxygen atoms in total. The van der Waals surface area contributed by atoms with E-state index < -0.39 is 5.97 Å². The minimum absolute atomic E-state index is 0.413. The molecule has 118 valence electrons. The van der Waals surface area contributed by atoms with Crippen LogP contribution in [-0.4, -0.2) is 27.3 Å². The second-order valence-corrected chi connectivity index (χ2v) is 4.90. The molecule has 1 aliphatic rings. The van der Waals surface area contributed by atoms with Crippen molar-refractivity contribution >= 4 is 17.8 Å². The summed E-state index contributed by atoms with van der Waals surface area (Å²) in [7, 11) is 4.68. The van der Waals surface area contributed by atoms with Gasteiger partial charge < -0.3 is 18.9 Å². The predicted molar refractivity (Wildman–Crippen MR) is 85.8 cm³/mol. The minimum atomic E-state index is -0.413. The van der Waals surface area contributed by atoms with Gasteiger partial charge in [0.05, 0.1) is 21.3 Å². The van der Waals surface area contributed by atoms with E-state index in [4.69, 9.17) is 18.9 Å². The van der Waals surface area contributed by atoms with E-state index in [1.807, 2.05) is 24.3 Å². The van der Waals surface area contributed by atoms with Crippen LogP contribution in [0.4, 0.5) is 0 Å². The van der Waals surface area contributed by atoms with E-state index in [9.17, 15) is 4.79 Å². The molecule has 0 radical (unpaired) electrons. The summed E-state index contributed by atoms with van der Waals surface area (Å²) in [6.45, 7) is 0. The molecule has 0 unspecified atom stereocenters. The van der Waals surface area contributed by atoms with Crippen molar-refractivity contribution in [3.63, 3.8) is 0 Å². The largest absolute Gasteiger partial charge is 0.496 e. The smallest absolute Gasteiger partial charge is 0.348 e. The summed E-state index contributed by atoms with van der Waals surface area (Å²) in [4.78, 5) is 12.1. The number of ether oxygens (including phenoxy) is 4. The van der Waals surface area contributed by atoms with Gasteiger partial charge in [-0.15, -0.1) is 0 Å². The Morgan fingerprint density at radius 2 is 1.65 bits per heavy atom. The van der Waals surface area contributed by atoms with Crippen molar-refractivity contribution in [1.29, 1.82) is 0 Å². The molecule has 0 aromatic heterocycles. The Balaban J connectivity index is 2.05. The fraction of sp³-hybridized carbons (Fsp3) is 0.167. The molecule has 1 heterocycles. The highest BCUT2D eigenvalue weighted by Gasteiger charge is 2.29.